The van der Waals surface area contributed by atoms with E-state index in [2.05, 4.69) is 16.9 Å². The van der Waals surface area contributed by atoms with Crippen molar-refractivity contribution in [3.05, 3.63) is 41.6 Å². The first kappa shape index (κ1) is 17.1. The number of rotatable bonds is 4. The van der Waals surface area contributed by atoms with Crippen molar-refractivity contribution in [1.82, 2.24) is 14.9 Å². The number of para-hydroxylation sites is 1. The van der Waals surface area contributed by atoms with Crippen LogP contribution in [-0.4, -0.2) is 33.9 Å². The molecule has 0 radical (unpaired) electrons. The highest BCUT2D eigenvalue weighted by molar-refractivity contribution is 7.98. The van der Waals surface area contributed by atoms with Crippen LogP contribution in [0.5, 0.6) is 0 Å². The van der Waals surface area contributed by atoms with Crippen molar-refractivity contribution >= 4 is 28.8 Å². The molecule has 1 aromatic carbocycles. The number of piperidine rings is 1. The first-order valence-electron chi connectivity index (χ1n) is 8.83. The summed E-state index contributed by atoms with van der Waals surface area (Å²) < 4.78 is 11.2. The third-order valence-electron chi connectivity index (χ3n) is 4.76. The Balaban J connectivity index is 1.40. The van der Waals surface area contributed by atoms with Crippen LogP contribution in [0.2, 0.25) is 0 Å². The fourth-order valence-corrected chi connectivity index (χ4v) is 3.78. The number of hydrogen-bond acceptors (Lipinski definition) is 6. The van der Waals surface area contributed by atoms with Crippen LogP contribution in [0.3, 0.4) is 0 Å². The summed E-state index contributed by atoms with van der Waals surface area (Å²) in [5, 5.41) is 0.574. The van der Waals surface area contributed by atoms with E-state index in [-0.39, 0.29) is 5.91 Å². The molecule has 1 amide bonds. The molecule has 3 heterocycles. The molecular weight excluding hydrogens is 350 g/mol. The monoisotopic (exact) mass is 371 g/mol. The summed E-state index contributed by atoms with van der Waals surface area (Å²) in [5.41, 5.74) is 3.11. The fraction of sp³-hybridized carbons (Fsp3) is 0.421. The van der Waals surface area contributed by atoms with Crippen molar-refractivity contribution in [2.75, 3.05) is 13.1 Å². The lowest BCUT2D eigenvalue weighted by Gasteiger charge is -2.29. The molecule has 1 fully saturated rings. The number of likely N-dealkylation sites (tertiary alicyclic amines) is 1. The Morgan fingerprint density at radius 1 is 1.31 bits per heavy atom. The highest BCUT2D eigenvalue weighted by Gasteiger charge is 2.24. The zero-order chi connectivity index (χ0) is 18.1. The number of carbonyl (C=O) groups excluding carboxylic acids is 1. The Morgan fingerprint density at radius 3 is 2.88 bits per heavy atom. The average Bonchev–Trinajstić information content (AvgIpc) is 3.27. The molecule has 0 N–H and O–H groups in total. The highest BCUT2D eigenvalue weighted by Crippen LogP contribution is 2.27. The minimum atomic E-state index is -0.0469. The zero-order valence-corrected chi connectivity index (χ0v) is 15.7. The maximum Gasteiger partial charge on any atom is 0.275 e. The normalized spacial score (nSPS) is 15.7. The van der Waals surface area contributed by atoms with Crippen molar-refractivity contribution < 1.29 is 13.6 Å². The topological polar surface area (TPSA) is 72.4 Å². The van der Waals surface area contributed by atoms with Crippen LogP contribution < -0.4 is 0 Å². The van der Waals surface area contributed by atoms with E-state index in [1.54, 1.807) is 0 Å². The van der Waals surface area contributed by atoms with Crippen LogP contribution in [0.25, 0.3) is 11.1 Å². The second-order valence-corrected chi connectivity index (χ2v) is 7.72. The SMILES string of the molecule is Cc1cccc2oc(SCc3nc(C(=O)N4CCC(C)CC4)co3)nc12. The summed E-state index contributed by atoms with van der Waals surface area (Å²) in [6.07, 6.45) is 3.54. The average molecular weight is 371 g/mol. The molecule has 2 aromatic heterocycles. The number of nitrogens with zero attached hydrogens (tertiary/aromatic N) is 3. The lowest BCUT2D eigenvalue weighted by atomic mass is 9.99. The second kappa shape index (κ2) is 7.15. The Bertz CT molecular complexity index is 925. The molecule has 7 heteroatoms. The van der Waals surface area contributed by atoms with Crippen LogP contribution >= 0.6 is 11.8 Å². The largest absolute Gasteiger partial charge is 0.447 e. The summed E-state index contributed by atoms with van der Waals surface area (Å²) >= 11 is 1.41. The summed E-state index contributed by atoms with van der Waals surface area (Å²) in [4.78, 5) is 23.2. The summed E-state index contributed by atoms with van der Waals surface area (Å²) in [6, 6.07) is 5.86. The van der Waals surface area contributed by atoms with Gasteiger partial charge in [0, 0.05) is 13.1 Å². The van der Waals surface area contributed by atoms with E-state index >= 15 is 0 Å². The van der Waals surface area contributed by atoms with Gasteiger partial charge in [0.2, 0.25) is 5.89 Å². The quantitative estimate of drug-likeness (QED) is 0.637. The van der Waals surface area contributed by atoms with E-state index in [4.69, 9.17) is 8.83 Å². The summed E-state index contributed by atoms with van der Waals surface area (Å²) in [5.74, 6) is 1.61. The fourth-order valence-electron chi connectivity index (χ4n) is 3.10. The van der Waals surface area contributed by atoms with Crippen LogP contribution in [0.15, 0.2) is 38.5 Å². The van der Waals surface area contributed by atoms with Gasteiger partial charge in [-0.15, -0.1) is 0 Å². The van der Waals surface area contributed by atoms with Gasteiger partial charge in [0.25, 0.3) is 11.1 Å². The molecule has 3 aromatic rings. The molecule has 0 saturated carbocycles. The van der Waals surface area contributed by atoms with Gasteiger partial charge < -0.3 is 13.7 Å². The number of oxazole rings is 2. The van der Waals surface area contributed by atoms with E-state index < -0.39 is 0 Å². The minimum Gasteiger partial charge on any atom is -0.447 e. The second-order valence-electron chi connectivity index (χ2n) is 6.79. The van der Waals surface area contributed by atoms with Crippen LogP contribution in [0.4, 0.5) is 0 Å². The smallest absolute Gasteiger partial charge is 0.275 e. The van der Waals surface area contributed by atoms with E-state index in [1.165, 1.54) is 18.0 Å². The zero-order valence-electron chi connectivity index (χ0n) is 14.9. The van der Waals surface area contributed by atoms with E-state index in [1.807, 2.05) is 30.0 Å². The molecule has 0 bridgehead atoms. The van der Waals surface area contributed by atoms with Crippen LogP contribution in [0, 0.1) is 12.8 Å². The number of amides is 1. The number of aryl methyl sites for hydroxylation is 1. The Labute approximate surface area is 156 Å². The van der Waals surface area contributed by atoms with Crippen LogP contribution in [-0.2, 0) is 5.75 Å². The molecule has 0 unspecified atom stereocenters. The van der Waals surface area contributed by atoms with Crippen molar-refractivity contribution in [2.24, 2.45) is 5.92 Å². The number of fused-ring (bicyclic) bond motifs is 1. The standard InChI is InChI=1S/C19H21N3O3S/c1-12-6-8-22(9-7-12)18(23)14-10-24-16(20-14)11-26-19-21-17-13(2)4-3-5-15(17)25-19/h3-5,10,12H,6-9,11H2,1-2H3. The number of aromatic nitrogens is 2. The predicted molar refractivity (Wildman–Crippen MR) is 99.1 cm³/mol. The maximum absolute atomic E-state index is 12.5. The molecule has 1 aliphatic heterocycles. The molecule has 1 saturated heterocycles. The van der Waals surface area contributed by atoms with Crippen molar-refractivity contribution in [2.45, 2.75) is 37.7 Å². The van der Waals surface area contributed by atoms with Gasteiger partial charge >= 0.3 is 0 Å². The minimum absolute atomic E-state index is 0.0469. The molecule has 0 spiro atoms. The lowest BCUT2D eigenvalue weighted by molar-refractivity contribution is 0.0691. The third kappa shape index (κ3) is 3.49. The van der Waals surface area contributed by atoms with Gasteiger partial charge in [-0.3, -0.25) is 4.79 Å². The van der Waals surface area contributed by atoms with Crippen LogP contribution in [0.1, 0.15) is 41.7 Å². The molecule has 4 rings (SSSR count). The molecule has 1 aliphatic rings. The van der Waals surface area contributed by atoms with Gasteiger partial charge in [0.1, 0.15) is 11.8 Å². The number of thioether (sulfide) groups is 1. The Hall–Kier alpha value is -2.28. The maximum atomic E-state index is 12.5. The van der Waals surface area contributed by atoms with E-state index in [0.29, 0.717) is 28.5 Å². The highest BCUT2D eigenvalue weighted by atomic mass is 32.2. The molecule has 0 aliphatic carbocycles. The molecular formula is C19H21N3O3S. The molecule has 136 valence electrons. The number of hydrogen-bond donors (Lipinski definition) is 0. The summed E-state index contributed by atoms with van der Waals surface area (Å²) in [7, 11) is 0. The number of carbonyl (C=O) groups is 1. The molecule has 0 atom stereocenters. The van der Waals surface area contributed by atoms with Crippen molar-refractivity contribution in [1.29, 1.82) is 0 Å². The van der Waals surface area contributed by atoms with E-state index in [9.17, 15) is 4.79 Å². The summed E-state index contributed by atoms with van der Waals surface area (Å²) in [6.45, 7) is 5.81. The van der Waals surface area contributed by atoms with Gasteiger partial charge in [0.15, 0.2) is 11.3 Å². The first-order chi connectivity index (χ1) is 12.6. The third-order valence-corrected chi connectivity index (χ3v) is 5.57. The molecule has 26 heavy (non-hydrogen) atoms. The van der Waals surface area contributed by atoms with Gasteiger partial charge in [-0.1, -0.05) is 30.8 Å². The van der Waals surface area contributed by atoms with Gasteiger partial charge in [0.05, 0.1) is 5.75 Å². The first-order valence-corrected chi connectivity index (χ1v) is 9.81. The lowest BCUT2D eigenvalue weighted by Crippen LogP contribution is -2.38. The predicted octanol–water partition coefficient (Wildman–Crippen LogP) is 4.29. The van der Waals surface area contributed by atoms with Crippen molar-refractivity contribution in [3.63, 3.8) is 0 Å². The van der Waals surface area contributed by atoms with Gasteiger partial charge in [-0.05, 0) is 37.3 Å². The Kier molecular flexibility index (Phi) is 4.72. The van der Waals surface area contributed by atoms with Crippen molar-refractivity contribution in [3.8, 4) is 0 Å². The van der Waals surface area contributed by atoms with E-state index in [0.717, 1.165) is 42.6 Å². The Morgan fingerprint density at radius 2 is 2.12 bits per heavy atom. The van der Waals surface area contributed by atoms with Gasteiger partial charge in [-0.25, -0.2) is 9.97 Å². The molecule has 6 nitrogen and oxygen atoms in total. The van der Waals surface area contributed by atoms with Gasteiger partial charge in [-0.2, -0.15) is 0 Å². The number of benzene rings is 1.